The Morgan fingerprint density at radius 1 is 1.38 bits per heavy atom. The zero-order valence-corrected chi connectivity index (χ0v) is 14.7. The van der Waals surface area contributed by atoms with Crippen molar-refractivity contribution >= 4 is 33.9 Å². The zero-order chi connectivity index (χ0) is 18.7. The van der Waals surface area contributed by atoms with Crippen LogP contribution in [0.25, 0.3) is 22.0 Å². The van der Waals surface area contributed by atoms with Crippen molar-refractivity contribution in [3.8, 4) is 11.1 Å². The second kappa shape index (κ2) is 7.63. The quantitative estimate of drug-likeness (QED) is 0.644. The van der Waals surface area contributed by atoms with Crippen LogP contribution in [-0.2, 0) is 16.1 Å². The smallest absolute Gasteiger partial charge is 0.216 e. The van der Waals surface area contributed by atoms with Crippen molar-refractivity contribution in [3.63, 3.8) is 0 Å². The molecule has 9 heteroatoms. The van der Waals surface area contributed by atoms with Gasteiger partial charge in [0, 0.05) is 65.7 Å². The third-order valence-electron chi connectivity index (χ3n) is 3.83. The van der Waals surface area contributed by atoms with E-state index in [1.807, 2.05) is 0 Å². The highest BCUT2D eigenvalue weighted by molar-refractivity contribution is 7.80. The molecule has 0 aliphatic heterocycles. The van der Waals surface area contributed by atoms with Gasteiger partial charge < -0.3 is 14.9 Å². The van der Waals surface area contributed by atoms with Crippen molar-refractivity contribution in [2.24, 2.45) is 0 Å². The number of aromatic amines is 1. The topological polar surface area (TPSA) is 101 Å². The Morgan fingerprint density at radius 2 is 2.19 bits per heavy atom. The molecule has 2 aromatic heterocycles. The number of benzene rings is 1. The summed E-state index contributed by atoms with van der Waals surface area (Å²) in [6, 6.07) is 7.79. The summed E-state index contributed by atoms with van der Waals surface area (Å²) in [4.78, 5) is 18.1. The summed E-state index contributed by atoms with van der Waals surface area (Å²) in [6.45, 7) is 1.62. The number of pyridine rings is 1. The summed E-state index contributed by atoms with van der Waals surface area (Å²) in [5, 5.41) is 3.39. The minimum atomic E-state index is -2.52. The lowest BCUT2D eigenvalue weighted by atomic mass is 10.1. The van der Waals surface area contributed by atoms with Gasteiger partial charge in [0.25, 0.3) is 0 Å². The number of halogens is 1. The molecule has 1 atom stereocenters. The number of nitrogens with zero attached hydrogens (tertiary/aromatic N) is 2. The maximum atomic E-state index is 13.3. The fourth-order valence-corrected chi connectivity index (χ4v) is 3.13. The summed E-state index contributed by atoms with van der Waals surface area (Å²) in [5.41, 5.74) is 2.28. The molecule has 0 saturated carbocycles. The lowest BCUT2D eigenvalue weighted by Crippen LogP contribution is -2.35. The van der Waals surface area contributed by atoms with E-state index in [4.69, 9.17) is 0 Å². The summed E-state index contributed by atoms with van der Waals surface area (Å²) in [6.07, 6.45) is 3.31. The number of anilines is 1. The Morgan fingerprint density at radius 3 is 2.85 bits per heavy atom. The molecule has 0 saturated heterocycles. The molecule has 0 aliphatic rings. The molecule has 3 rings (SSSR count). The van der Waals surface area contributed by atoms with Crippen molar-refractivity contribution < 1.29 is 17.9 Å². The highest BCUT2D eigenvalue weighted by Crippen LogP contribution is 2.29. The van der Waals surface area contributed by atoms with Crippen LogP contribution in [0.3, 0.4) is 0 Å². The largest absolute Gasteiger partial charge is 0.755 e. The average molecular weight is 375 g/mol. The fourth-order valence-electron chi connectivity index (χ4n) is 2.63. The number of carbonyl (C=O) groups excluding carboxylic acids is 1. The number of aromatic nitrogens is 2. The third-order valence-corrected chi connectivity index (χ3v) is 4.56. The number of hydrogen-bond acceptors (Lipinski definition) is 4. The Bertz CT molecular complexity index is 958. The van der Waals surface area contributed by atoms with Crippen LogP contribution in [0.15, 0.2) is 42.7 Å². The second-order valence-electron chi connectivity index (χ2n) is 5.60. The zero-order valence-electron chi connectivity index (χ0n) is 13.9. The van der Waals surface area contributed by atoms with Gasteiger partial charge in [-0.3, -0.25) is 13.3 Å². The summed E-state index contributed by atoms with van der Waals surface area (Å²) >= 11 is -2.52. The molecule has 2 heterocycles. The molecule has 0 aliphatic carbocycles. The molecule has 1 amide bonds. The molecule has 7 nitrogen and oxygen atoms in total. The molecular formula is C17H16FN4O3S-. The number of H-pyrrole nitrogens is 1. The SMILES string of the molecule is CC(=O)NCCN(c1ccc(-c2c[nH]c3cc(F)ccc23)cn1)S(=O)[O-]. The van der Waals surface area contributed by atoms with Gasteiger partial charge >= 0.3 is 0 Å². The van der Waals surface area contributed by atoms with Gasteiger partial charge in [0.05, 0.1) is 0 Å². The first-order chi connectivity index (χ1) is 12.5. The van der Waals surface area contributed by atoms with Gasteiger partial charge in [-0.25, -0.2) is 9.37 Å². The van der Waals surface area contributed by atoms with Crippen LogP contribution < -0.4 is 9.62 Å². The number of hydrogen-bond donors (Lipinski definition) is 2. The van der Waals surface area contributed by atoms with Crippen molar-refractivity contribution in [2.75, 3.05) is 17.4 Å². The molecule has 3 aromatic rings. The summed E-state index contributed by atoms with van der Waals surface area (Å²) in [7, 11) is 0. The number of fused-ring (bicyclic) bond motifs is 1. The number of nitrogens with one attached hydrogen (secondary N) is 2. The first-order valence-corrected chi connectivity index (χ1v) is 8.83. The van der Waals surface area contributed by atoms with Crippen LogP contribution in [-0.4, -0.2) is 37.7 Å². The molecule has 136 valence electrons. The number of rotatable bonds is 6. The van der Waals surface area contributed by atoms with Crippen LogP contribution >= 0.6 is 0 Å². The molecule has 26 heavy (non-hydrogen) atoms. The fraction of sp³-hybridized carbons (Fsp3) is 0.176. The van der Waals surface area contributed by atoms with Crippen molar-refractivity contribution in [3.05, 3.63) is 48.5 Å². The van der Waals surface area contributed by atoms with Crippen LogP contribution in [0.2, 0.25) is 0 Å². The highest BCUT2D eigenvalue weighted by atomic mass is 32.2. The Kier molecular flexibility index (Phi) is 5.29. The second-order valence-corrected chi connectivity index (χ2v) is 6.47. The first-order valence-electron chi connectivity index (χ1n) is 7.80. The van der Waals surface area contributed by atoms with E-state index in [-0.39, 0.29) is 30.6 Å². The maximum Gasteiger partial charge on any atom is 0.216 e. The van der Waals surface area contributed by atoms with Gasteiger partial charge in [-0.1, -0.05) is 0 Å². The van der Waals surface area contributed by atoms with Crippen LogP contribution in [0.4, 0.5) is 10.2 Å². The number of carbonyl (C=O) groups is 1. The minimum absolute atomic E-state index is 0.0778. The maximum absolute atomic E-state index is 13.3. The Balaban J connectivity index is 1.84. The van der Waals surface area contributed by atoms with E-state index in [9.17, 15) is 17.9 Å². The van der Waals surface area contributed by atoms with Crippen molar-refractivity contribution in [1.29, 1.82) is 0 Å². The van der Waals surface area contributed by atoms with Crippen LogP contribution in [0.1, 0.15) is 6.92 Å². The average Bonchev–Trinajstić information content (AvgIpc) is 3.01. The van der Waals surface area contributed by atoms with E-state index >= 15 is 0 Å². The molecule has 0 bridgehead atoms. The van der Waals surface area contributed by atoms with E-state index in [1.54, 1.807) is 30.6 Å². The van der Waals surface area contributed by atoms with Crippen molar-refractivity contribution in [1.82, 2.24) is 15.3 Å². The molecular weight excluding hydrogens is 359 g/mol. The van der Waals surface area contributed by atoms with E-state index in [0.717, 1.165) is 20.8 Å². The van der Waals surface area contributed by atoms with Gasteiger partial charge in [0.2, 0.25) is 5.91 Å². The standard InChI is InChI=1S/C17H17FN4O3S/c1-11(23)19-6-7-22(26(24)25)17-5-2-12(9-21-17)15-10-20-16-8-13(18)3-4-14(15)16/h2-5,8-10,20H,6-7H2,1H3,(H,19,23)(H,24,25)/p-1. The lowest BCUT2D eigenvalue weighted by Gasteiger charge is -2.25. The van der Waals surface area contributed by atoms with Gasteiger partial charge in [0.15, 0.2) is 0 Å². The minimum Gasteiger partial charge on any atom is -0.755 e. The normalized spacial score (nSPS) is 12.1. The van der Waals surface area contributed by atoms with E-state index in [2.05, 4.69) is 15.3 Å². The van der Waals surface area contributed by atoms with Gasteiger partial charge in [0.1, 0.15) is 11.6 Å². The van der Waals surface area contributed by atoms with Crippen LogP contribution in [0, 0.1) is 5.82 Å². The lowest BCUT2D eigenvalue weighted by molar-refractivity contribution is -0.118. The van der Waals surface area contributed by atoms with Gasteiger partial charge in [-0.05, 0) is 30.3 Å². The predicted molar refractivity (Wildman–Crippen MR) is 96.4 cm³/mol. The predicted octanol–water partition coefficient (Wildman–Crippen LogP) is 2.11. The van der Waals surface area contributed by atoms with Gasteiger partial charge in [-0.2, -0.15) is 0 Å². The molecule has 2 N–H and O–H groups in total. The monoisotopic (exact) mass is 375 g/mol. The third kappa shape index (κ3) is 3.89. The Labute approximate surface area is 151 Å². The number of amides is 1. The van der Waals surface area contributed by atoms with Crippen molar-refractivity contribution in [2.45, 2.75) is 6.92 Å². The summed E-state index contributed by atoms with van der Waals surface area (Å²) in [5.74, 6) is -0.314. The molecule has 0 spiro atoms. The molecule has 1 unspecified atom stereocenters. The molecule has 0 radical (unpaired) electrons. The first kappa shape index (κ1) is 18.0. The molecule has 0 fully saturated rings. The van der Waals surface area contributed by atoms with E-state index < -0.39 is 11.3 Å². The van der Waals surface area contributed by atoms with Gasteiger partial charge in [-0.15, -0.1) is 0 Å². The Hall–Kier alpha value is -2.78. The van der Waals surface area contributed by atoms with E-state index in [1.165, 1.54) is 19.1 Å². The van der Waals surface area contributed by atoms with Crippen LogP contribution in [0.5, 0.6) is 0 Å². The van der Waals surface area contributed by atoms with E-state index in [0.29, 0.717) is 5.52 Å². The molecule has 1 aromatic carbocycles. The summed E-state index contributed by atoms with van der Waals surface area (Å²) < 4.78 is 37.2. The highest BCUT2D eigenvalue weighted by Gasteiger charge is 2.11.